The van der Waals surface area contributed by atoms with Crippen molar-refractivity contribution in [3.05, 3.63) is 60.2 Å². The molecule has 0 saturated carbocycles. The summed E-state index contributed by atoms with van der Waals surface area (Å²) in [6.07, 6.45) is -5.92. The molecule has 140 valence electrons. The van der Waals surface area contributed by atoms with Crippen molar-refractivity contribution in [2.45, 2.75) is 22.4 Å². The van der Waals surface area contributed by atoms with Gasteiger partial charge in [-0.1, -0.05) is 0 Å². The number of rotatable bonds is 3. The average Bonchev–Trinajstić information content (AvgIpc) is 2.61. The number of pyridine rings is 2. The first-order valence-electron chi connectivity index (χ1n) is 7.21. The second-order valence-electron chi connectivity index (χ2n) is 5.14. The van der Waals surface area contributed by atoms with Crippen molar-refractivity contribution in [3.8, 4) is 11.4 Å². The summed E-state index contributed by atoms with van der Waals surface area (Å²) >= 11 is 0.696. The fourth-order valence-corrected chi connectivity index (χ4v) is 2.72. The van der Waals surface area contributed by atoms with Crippen molar-refractivity contribution in [2.75, 3.05) is 0 Å². The highest BCUT2D eigenvalue weighted by Gasteiger charge is 2.34. The summed E-state index contributed by atoms with van der Waals surface area (Å²) in [6.45, 7) is 0. The van der Waals surface area contributed by atoms with E-state index in [1.54, 1.807) is 0 Å². The van der Waals surface area contributed by atoms with Gasteiger partial charge >= 0.3 is 12.4 Å². The van der Waals surface area contributed by atoms with E-state index in [0.717, 1.165) is 12.1 Å². The predicted molar refractivity (Wildman–Crippen MR) is 83.6 cm³/mol. The zero-order chi connectivity index (χ0) is 19.7. The van der Waals surface area contributed by atoms with Crippen LogP contribution in [0.25, 0.3) is 11.4 Å². The third-order valence-corrected chi connectivity index (χ3v) is 4.05. The first-order valence-corrected chi connectivity index (χ1v) is 8.02. The van der Waals surface area contributed by atoms with Gasteiger partial charge in [-0.2, -0.15) is 26.3 Å². The van der Waals surface area contributed by atoms with Gasteiger partial charge < -0.3 is 0 Å². The van der Waals surface area contributed by atoms with Crippen LogP contribution in [0, 0.1) is 0 Å². The minimum atomic E-state index is -4.72. The first kappa shape index (κ1) is 19.1. The van der Waals surface area contributed by atoms with Crippen molar-refractivity contribution in [1.82, 2.24) is 19.9 Å². The lowest BCUT2D eigenvalue weighted by atomic mass is 10.2. The Morgan fingerprint density at radius 3 is 2.15 bits per heavy atom. The molecule has 11 heteroatoms. The first-order chi connectivity index (χ1) is 12.6. The van der Waals surface area contributed by atoms with Crippen LogP contribution in [-0.4, -0.2) is 19.9 Å². The molecular formula is C16H8F6N4S. The summed E-state index contributed by atoms with van der Waals surface area (Å²) in [5.41, 5.74) is -1.86. The fraction of sp³-hybridized carbons (Fsp3) is 0.125. The number of nitrogens with zero attached hydrogens (tertiary/aromatic N) is 4. The minimum absolute atomic E-state index is 0.0620. The van der Waals surface area contributed by atoms with E-state index in [4.69, 9.17) is 0 Å². The zero-order valence-corrected chi connectivity index (χ0v) is 13.9. The third-order valence-electron chi connectivity index (χ3n) is 3.19. The number of halogens is 6. The van der Waals surface area contributed by atoms with E-state index >= 15 is 0 Å². The van der Waals surface area contributed by atoms with Gasteiger partial charge in [0.05, 0.1) is 5.56 Å². The van der Waals surface area contributed by atoms with Crippen LogP contribution < -0.4 is 0 Å². The van der Waals surface area contributed by atoms with Gasteiger partial charge in [-0.3, -0.25) is 4.98 Å². The lowest BCUT2D eigenvalue weighted by molar-refractivity contribution is -0.141. The molecule has 3 heterocycles. The molecule has 0 unspecified atom stereocenters. The molecule has 0 aliphatic carbocycles. The van der Waals surface area contributed by atoms with Crippen molar-refractivity contribution >= 4 is 11.8 Å². The maximum Gasteiger partial charge on any atom is 0.433 e. The Hall–Kier alpha value is -2.69. The highest BCUT2D eigenvalue weighted by molar-refractivity contribution is 7.99. The Labute approximate surface area is 152 Å². The molecule has 0 radical (unpaired) electrons. The standard InChI is InChI=1S/C16H8F6N4S/c17-15(18,19)10-3-4-12(24-8-10)27-13-6-11(16(20,21)22)25-14(26-13)9-2-1-5-23-7-9/h1-8H. The molecule has 3 aromatic rings. The molecule has 0 spiro atoms. The largest absolute Gasteiger partial charge is 0.433 e. The van der Waals surface area contributed by atoms with Crippen LogP contribution >= 0.6 is 11.8 Å². The molecule has 3 rings (SSSR count). The Kier molecular flexibility index (Phi) is 5.05. The average molecular weight is 402 g/mol. The van der Waals surface area contributed by atoms with Gasteiger partial charge in [-0.05, 0) is 36.0 Å². The van der Waals surface area contributed by atoms with E-state index in [2.05, 4.69) is 19.9 Å². The second-order valence-corrected chi connectivity index (χ2v) is 6.18. The number of alkyl halides is 6. The van der Waals surface area contributed by atoms with Gasteiger partial charge in [0.15, 0.2) is 5.82 Å². The van der Waals surface area contributed by atoms with E-state index in [9.17, 15) is 26.3 Å². The molecule has 0 aliphatic rings. The summed E-state index contributed by atoms with van der Waals surface area (Å²) in [5.74, 6) is -0.202. The lowest BCUT2D eigenvalue weighted by Gasteiger charge is -2.10. The summed E-state index contributed by atoms with van der Waals surface area (Å²) in [4.78, 5) is 15.0. The predicted octanol–water partition coefficient (Wildman–Crippen LogP) is 5.12. The summed E-state index contributed by atoms with van der Waals surface area (Å²) < 4.78 is 77.1. The highest BCUT2D eigenvalue weighted by atomic mass is 32.2. The zero-order valence-electron chi connectivity index (χ0n) is 13.1. The van der Waals surface area contributed by atoms with E-state index in [1.165, 1.54) is 24.5 Å². The summed E-state index contributed by atoms with van der Waals surface area (Å²) in [5, 5.41) is -0.0459. The van der Waals surface area contributed by atoms with Gasteiger partial charge in [0.1, 0.15) is 15.7 Å². The van der Waals surface area contributed by atoms with Gasteiger partial charge in [-0.15, -0.1) is 0 Å². The number of hydrogen-bond acceptors (Lipinski definition) is 5. The van der Waals surface area contributed by atoms with E-state index in [-0.39, 0.29) is 21.4 Å². The Balaban J connectivity index is 1.97. The number of hydrogen-bond donors (Lipinski definition) is 0. The van der Waals surface area contributed by atoms with Crippen LogP contribution in [0.1, 0.15) is 11.3 Å². The maximum atomic E-state index is 13.1. The van der Waals surface area contributed by atoms with Crippen LogP contribution in [0.4, 0.5) is 26.3 Å². The van der Waals surface area contributed by atoms with Crippen LogP contribution in [0.2, 0.25) is 0 Å². The third kappa shape index (κ3) is 4.73. The molecule has 0 aromatic carbocycles. The monoisotopic (exact) mass is 402 g/mol. The van der Waals surface area contributed by atoms with Gasteiger partial charge in [0, 0.05) is 30.2 Å². The Morgan fingerprint density at radius 1 is 0.815 bits per heavy atom. The molecule has 0 amide bonds. The molecule has 0 atom stereocenters. The van der Waals surface area contributed by atoms with Crippen molar-refractivity contribution in [1.29, 1.82) is 0 Å². The molecular weight excluding hydrogens is 394 g/mol. The molecule has 0 bridgehead atoms. The minimum Gasteiger partial charge on any atom is -0.264 e. The molecule has 3 aromatic heterocycles. The summed E-state index contributed by atoms with van der Waals surface area (Å²) in [7, 11) is 0. The van der Waals surface area contributed by atoms with Crippen LogP contribution in [-0.2, 0) is 12.4 Å². The quantitative estimate of drug-likeness (QED) is 0.450. The molecule has 0 saturated heterocycles. The van der Waals surface area contributed by atoms with Crippen LogP contribution in [0.5, 0.6) is 0 Å². The van der Waals surface area contributed by atoms with Crippen molar-refractivity contribution in [2.24, 2.45) is 0 Å². The molecule has 27 heavy (non-hydrogen) atoms. The van der Waals surface area contributed by atoms with Gasteiger partial charge in [0.25, 0.3) is 0 Å². The van der Waals surface area contributed by atoms with Crippen molar-refractivity contribution in [3.63, 3.8) is 0 Å². The van der Waals surface area contributed by atoms with Crippen molar-refractivity contribution < 1.29 is 26.3 Å². The normalized spacial score (nSPS) is 12.2. The lowest BCUT2D eigenvalue weighted by Crippen LogP contribution is -2.10. The topological polar surface area (TPSA) is 51.6 Å². The van der Waals surface area contributed by atoms with E-state index < -0.39 is 23.6 Å². The highest BCUT2D eigenvalue weighted by Crippen LogP contribution is 2.34. The molecule has 4 nitrogen and oxygen atoms in total. The maximum absolute atomic E-state index is 13.1. The Morgan fingerprint density at radius 2 is 1.59 bits per heavy atom. The number of aromatic nitrogens is 4. The van der Waals surface area contributed by atoms with Gasteiger partial charge in [0.2, 0.25) is 0 Å². The SMILES string of the molecule is FC(F)(F)c1ccc(Sc2cc(C(F)(F)F)nc(-c3cccnc3)n2)nc1. The fourth-order valence-electron chi connectivity index (χ4n) is 1.96. The van der Waals surface area contributed by atoms with Crippen LogP contribution in [0.15, 0.2) is 59.0 Å². The summed E-state index contributed by atoms with van der Waals surface area (Å²) in [6, 6.07) is 5.58. The van der Waals surface area contributed by atoms with Crippen LogP contribution in [0.3, 0.4) is 0 Å². The molecule has 0 fully saturated rings. The van der Waals surface area contributed by atoms with E-state index in [0.29, 0.717) is 24.0 Å². The molecule has 0 N–H and O–H groups in total. The second kappa shape index (κ2) is 7.14. The smallest absolute Gasteiger partial charge is 0.264 e. The van der Waals surface area contributed by atoms with Gasteiger partial charge in [-0.25, -0.2) is 15.0 Å². The molecule has 0 aliphatic heterocycles. The Bertz CT molecular complexity index is 926. The van der Waals surface area contributed by atoms with E-state index in [1.807, 2.05) is 0 Å².